The molecule has 0 aliphatic carbocycles. The van der Waals surface area contributed by atoms with Crippen LogP contribution in [0.3, 0.4) is 0 Å². The third-order valence-electron chi connectivity index (χ3n) is 4.28. The van der Waals surface area contributed by atoms with Gasteiger partial charge in [0.1, 0.15) is 17.3 Å². The highest BCUT2D eigenvalue weighted by Gasteiger charge is 2.18. The second-order valence-corrected chi connectivity index (χ2v) is 6.46. The Bertz CT molecular complexity index is 1270. The molecule has 0 amide bonds. The highest BCUT2D eigenvalue weighted by Crippen LogP contribution is 2.32. The Kier molecular flexibility index (Phi) is 4.16. The van der Waals surface area contributed by atoms with Crippen LogP contribution in [0.15, 0.2) is 73.0 Å². The van der Waals surface area contributed by atoms with Gasteiger partial charge >= 0.3 is 11.3 Å². The van der Waals surface area contributed by atoms with Gasteiger partial charge < -0.3 is 8.83 Å². The molecule has 0 spiro atoms. The zero-order valence-electron chi connectivity index (χ0n) is 14.1. The lowest BCUT2D eigenvalue weighted by molar-refractivity contribution is 0.482. The van der Waals surface area contributed by atoms with Crippen LogP contribution in [0.25, 0.3) is 33.2 Å². The van der Waals surface area contributed by atoms with Crippen LogP contribution in [0.2, 0.25) is 5.02 Å². The lowest BCUT2D eigenvalue weighted by Crippen LogP contribution is -2.13. The molecule has 27 heavy (non-hydrogen) atoms. The molecule has 2 heterocycles. The van der Waals surface area contributed by atoms with E-state index in [1.165, 1.54) is 12.1 Å². The van der Waals surface area contributed by atoms with Crippen LogP contribution >= 0.6 is 11.6 Å². The number of hydrogen-bond acceptors (Lipinski definition) is 4. The number of benzene rings is 2. The minimum Gasteiger partial charge on any atom is -0.427 e. The van der Waals surface area contributed by atoms with E-state index in [0.717, 1.165) is 0 Å². The molecule has 4 aromatic rings. The van der Waals surface area contributed by atoms with Crippen molar-refractivity contribution in [2.45, 2.75) is 6.92 Å². The van der Waals surface area contributed by atoms with Gasteiger partial charge in [0, 0.05) is 21.5 Å². The molecule has 4 rings (SSSR count). The first kappa shape index (κ1) is 17.2. The average Bonchev–Trinajstić information content (AvgIpc) is 2.63. The maximum absolute atomic E-state index is 13.3. The van der Waals surface area contributed by atoms with Crippen molar-refractivity contribution < 1.29 is 13.2 Å². The van der Waals surface area contributed by atoms with Gasteiger partial charge in [-0.2, -0.15) is 0 Å². The van der Waals surface area contributed by atoms with E-state index in [2.05, 4.69) is 0 Å². The number of halogens is 2. The first-order valence-corrected chi connectivity index (χ1v) is 8.45. The minimum absolute atomic E-state index is 0.183. The smallest absolute Gasteiger partial charge is 0.351 e. The van der Waals surface area contributed by atoms with E-state index in [1.807, 2.05) is 0 Å². The van der Waals surface area contributed by atoms with Gasteiger partial charge in [0.2, 0.25) is 0 Å². The van der Waals surface area contributed by atoms with E-state index in [0.29, 0.717) is 32.9 Å². The van der Waals surface area contributed by atoms with E-state index < -0.39 is 11.3 Å². The van der Waals surface area contributed by atoms with Gasteiger partial charge in [0.05, 0.1) is 0 Å². The fraction of sp³-hybridized carbons (Fsp3) is 0.0476. The number of rotatable bonds is 2. The molecule has 0 aliphatic rings. The van der Waals surface area contributed by atoms with E-state index >= 15 is 0 Å². The van der Waals surface area contributed by atoms with Crippen molar-refractivity contribution >= 4 is 22.4 Å². The summed E-state index contributed by atoms with van der Waals surface area (Å²) in [5, 5.41) is 0.750. The molecule has 0 aliphatic heterocycles. The van der Waals surface area contributed by atoms with E-state index in [-0.39, 0.29) is 17.0 Å². The molecule has 0 saturated carbocycles. The molecule has 4 nitrogen and oxygen atoms in total. The van der Waals surface area contributed by atoms with Crippen molar-refractivity contribution in [1.82, 2.24) is 0 Å². The van der Waals surface area contributed by atoms with Crippen molar-refractivity contribution in [1.29, 1.82) is 0 Å². The average molecular weight is 383 g/mol. The Labute approximate surface area is 157 Å². The van der Waals surface area contributed by atoms with Crippen LogP contribution in [-0.4, -0.2) is 0 Å². The lowest BCUT2D eigenvalue weighted by atomic mass is 9.98. The first-order valence-electron chi connectivity index (χ1n) is 8.07. The second-order valence-electron chi connectivity index (χ2n) is 6.02. The predicted octanol–water partition coefficient (Wildman–Crippen LogP) is 5.18. The normalized spacial score (nSPS) is 11.1. The van der Waals surface area contributed by atoms with Gasteiger partial charge in [-0.3, -0.25) is 0 Å². The third-order valence-corrected chi connectivity index (χ3v) is 4.54. The van der Waals surface area contributed by atoms with E-state index in [9.17, 15) is 14.0 Å². The van der Waals surface area contributed by atoms with Gasteiger partial charge in [0.25, 0.3) is 0 Å². The van der Waals surface area contributed by atoms with Crippen LogP contribution in [0, 0.1) is 12.7 Å². The predicted molar refractivity (Wildman–Crippen MR) is 102 cm³/mol. The van der Waals surface area contributed by atoms with Gasteiger partial charge in [-0.15, -0.1) is 0 Å². The molecule has 2 aromatic heterocycles. The summed E-state index contributed by atoms with van der Waals surface area (Å²) in [5.41, 5.74) is 0.219. The highest BCUT2D eigenvalue weighted by molar-refractivity contribution is 6.30. The topological polar surface area (TPSA) is 60.4 Å². The Morgan fingerprint density at radius 1 is 0.852 bits per heavy atom. The van der Waals surface area contributed by atoms with Crippen LogP contribution in [0.1, 0.15) is 5.76 Å². The summed E-state index contributed by atoms with van der Waals surface area (Å²) in [6, 6.07) is 14.1. The third kappa shape index (κ3) is 3.06. The SMILES string of the molecule is Cc1oc(=O)c2c(=O)oc(-c3ccc(Cl)cc3)cc2c1-c1ccc(F)cc1. The molecule has 0 unspecified atom stereocenters. The van der Waals surface area contributed by atoms with E-state index in [4.69, 9.17) is 20.4 Å². The molecule has 0 bridgehead atoms. The summed E-state index contributed by atoms with van der Waals surface area (Å²) in [6.07, 6.45) is 0. The Morgan fingerprint density at radius 3 is 2.11 bits per heavy atom. The Morgan fingerprint density at radius 2 is 1.44 bits per heavy atom. The zero-order chi connectivity index (χ0) is 19.1. The lowest BCUT2D eigenvalue weighted by Gasteiger charge is -2.10. The second kappa shape index (κ2) is 6.52. The molecule has 0 fully saturated rings. The van der Waals surface area contributed by atoms with Crippen molar-refractivity contribution in [3.8, 4) is 22.5 Å². The maximum atomic E-state index is 13.3. The molecule has 6 heteroatoms. The van der Waals surface area contributed by atoms with Crippen LogP contribution in [0.5, 0.6) is 0 Å². The van der Waals surface area contributed by atoms with E-state index in [1.54, 1.807) is 49.4 Å². The van der Waals surface area contributed by atoms with Gasteiger partial charge in [-0.25, -0.2) is 14.0 Å². The summed E-state index contributed by atoms with van der Waals surface area (Å²) in [6.45, 7) is 1.62. The molecular weight excluding hydrogens is 371 g/mol. The molecule has 2 aromatic carbocycles. The maximum Gasteiger partial charge on any atom is 0.351 e. The molecule has 0 radical (unpaired) electrons. The van der Waals surface area contributed by atoms with Crippen molar-refractivity contribution in [3.63, 3.8) is 0 Å². The van der Waals surface area contributed by atoms with Crippen molar-refractivity contribution in [2.75, 3.05) is 0 Å². The first-order chi connectivity index (χ1) is 12.9. The summed E-state index contributed by atoms with van der Waals surface area (Å²) >= 11 is 5.91. The number of hydrogen-bond donors (Lipinski definition) is 0. The quantitative estimate of drug-likeness (QED) is 0.479. The van der Waals surface area contributed by atoms with Crippen molar-refractivity contribution in [3.05, 3.63) is 92.0 Å². The van der Waals surface area contributed by atoms with Crippen LogP contribution < -0.4 is 11.3 Å². The summed E-state index contributed by atoms with van der Waals surface area (Å²) in [7, 11) is 0. The van der Waals surface area contributed by atoms with Crippen molar-refractivity contribution in [2.24, 2.45) is 0 Å². The molecule has 0 atom stereocenters. The molecule has 0 saturated heterocycles. The molecule has 0 N–H and O–H groups in total. The van der Waals surface area contributed by atoms with Crippen LogP contribution in [-0.2, 0) is 0 Å². The summed E-state index contributed by atoms with van der Waals surface area (Å²) in [5.74, 6) is 0.226. The number of fused-ring (bicyclic) bond motifs is 1. The van der Waals surface area contributed by atoms with Gasteiger partial charge in [-0.05, 0) is 55.0 Å². The van der Waals surface area contributed by atoms with Gasteiger partial charge in [0.15, 0.2) is 5.39 Å². The summed E-state index contributed by atoms with van der Waals surface area (Å²) in [4.78, 5) is 24.7. The standard InChI is InChI=1S/C21H12ClFO4/c1-11-18(13-4-8-15(23)9-5-13)16-10-17(12-2-6-14(22)7-3-12)27-21(25)19(16)20(24)26-11/h2-10H,1H3. The fourth-order valence-corrected chi connectivity index (χ4v) is 3.17. The fourth-order valence-electron chi connectivity index (χ4n) is 3.05. The summed E-state index contributed by atoms with van der Waals surface area (Å²) < 4.78 is 23.9. The monoisotopic (exact) mass is 382 g/mol. The molecule has 134 valence electrons. The Hall–Kier alpha value is -3.18. The van der Waals surface area contributed by atoms with Gasteiger partial charge in [-0.1, -0.05) is 23.7 Å². The van der Waals surface area contributed by atoms with Crippen LogP contribution in [0.4, 0.5) is 4.39 Å². The molecular formula is C21H12ClFO4. The Balaban J connectivity index is 2.08. The highest BCUT2D eigenvalue weighted by atomic mass is 35.5. The minimum atomic E-state index is -0.797. The zero-order valence-corrected chi connectivity index (χ0v) is 14.8. The number of aryl methyl sites for hydroxylation is 1. The largest absolute Gasteiger partial charge is 0.427 e.